The maximum absolute atomic E-state index is 12.4. The lowest BCUT2D eigenvalue weighted by atomic mass is 9.92. The van der Waals surface area contributed by atoms with Crippen molar-refractivity contribution in [2.45, 2.75) is 70.2 Å². The largest absolute Gasteiger partial charge is 0.444 e. The molecule has 0 radical (unpaired) electrons. The predicted molar refractivity (Wildman–Crippen MR) is 88.6 cm³/mol. The van der Waals surface area contributed by atoms with Gasteiger partial charge in [0.2, 0.25) is 0 Å². The van der Waals surface area contributed by atoms with Gasteiger partial charge in [-0.2, -0.15) is 0 Å². The van der Waals surface area contributed by atoms with Crippen LogP contribution in [0.3, 0.4) is 0 Å². The fourth-order valence-corrected chi connectivity index (χ4v) is 3.23. The number of ether oxygens (including phenoxy) is 3. The van der Waals surface area contributed by atoms with Crippen LogP contribution in [0.4, 0.5) is 4.79 Å². The van der Waals surface area contributed by atoms with Gasteiger partial charge in [-0.3, -0.25) is 4.90 Å². The number of rotatable bonds is 4. The van der Waals surface area contributed by atoms with E-state index < -0.39 is 5.60 Å². The SMILES string of the molecule is COC1CCCC(NCC2COCCN2C(=O)OC(C)(C)C)C1. The number of carbonyl (C=O) groups excluding carboxylic acids is 1. The number of nitrogens with zero attached hydrogens (tertiary/aromatic N) is 1. The molecule has 0 aromatic carbocycles. The molecule has 6 nitrogen and oxygen atoms in total. The van der Waals surface area contributed by atoms with Crippen LogP contribution in [0.1, 0.15) is 46.5 Å². The number of morpholine rings is 1. The van der Waals surface area contributed by atoms with Crippen LogP contribution in [0, 0.1) is 0 Å². The summed E-state index contributed by atoms with van der Waals surface area (Å²) in [4.78, 5) is 14.2. The number of amides is 1. The van der Waals surface area contributed by atoms with E-state index in [0.29, 0.717) is 31.9 Å². The van der Waals surface area contributed by atoms with Gasteiger partial charge in [-0.25, -0.2) is 4.79 Å². The first-order chi connectivity index (χ1) is 10.9. The number of hydrogen-bond acceptors (Lipinski definition) is 5. The van der Waals surface area contributed by atoms with Crippen molar-refractivity contribution in [1.29, 1.82) is 0 Å². The maximum atomic E-state index is 12.4. The molecule has 0 aromatic rings. The molecule has 2 rings (SSSR count). The maximum Gasteiger partial charge on any atom is 0.410 e. The molecule has 6 heteroatoms. The summed E-state index contributed by atoms with van der Waals surface area (Å²) in [5.41, 5.74) is -0.470. The standard InChI is InChI=1S/C17H32N2O4/c1-17(2,3)23-16(20)19-8-9-22-12-14(19)11-18-13-6-5-7-15(10-13)21-4/h13-15,18H,5-12H2,1-4H3. The average molecular weight is 328 g/mol. The van der Waals surface area contributed by atoms with Crippen LogP contribution in [0.25, 0.3) is 0 Å². The minimum absolute atomic E-state index is 0.0292. The normalized spacial score (nSPS) is 29.4. The molecule has 1 N–H and O–H groups in total. The van der Waals surface area contributed by atoms with Crippen molar-refractivity contribution in [2.24, 2.45) is 0 Å². The Morgan fingerprint density at radius 3 is 2.83 bits per heavy atom. The molecule has 0 spiro atoms. The van der Waals surface area contributed by atoms with E-state index >= 15 is 0 Å². The van der Waals surface area contributed by atoms with Gasteiger partial charge < -0.3 is 19.5 Å². The molecular weight excluding hydrogens is 296 g/mol. The van der Waals surface area contributed by atoms with Gasteiger partial charge in [-0.15, -0.1) is 0 Å². The van der Waals surface area contributed by atoms with Crippen LogP contribution in [0.2, 0.25) is 0 Å². The van der Waals surface area contributed by atoms with Gasteiger partial charge in [0, 0.05) is 26.2 Å². The zero-order valence-electron chi connectivity index (χ0n) is 15.0. The summed E-state index contributed by atoms with van der Waals surface area (Å²) in [6, 6.07) is 0.484. The van der Waals surface area contributed by atoms with E-state index in [1.165, 1.54) is 12.8 Å². The highest BCUT2D eigenvalue weighted by molar-refractivity contribution is 5.68. The van der Waals surface area contributed by atoms with Crippen molar-refractivity contribution in [3.63, 3.8) is 0 Å². The van der Waals surface area contributed by atoms with Crippen LogP contribution < -0.4 is 5.32 Å². The van der Waals surface area contributed by atoms with E-state index in [0.717, 1.165) is 19.4 Å². The number of methoxy groups -OCH3 is 1. The smallest absolute Gasteiger partial charge is 0.410 e. The third-order valence-electron chi connectivity index (χ3n) is 4.46. The van der Waals surface area contributed by atoms with Gasteiger partial charge >= 0.3 is 6.09 Å². The Labute approximate surface area is 139 Å². The molecule has 23 heavy (non-hydrogen) atoms. The van der Waals surface area contributed by atoms with Crippen LogP contribution in [0.5, 0.6) is 0 Å². The minimum Gasteiger partial charge on any atom is -0.444 e. The number of carbonyl (C=O) groups is 1. The molecule has 2 aliphatic rings. The highest BCUT2D eigenvalue weighted by Gasteiger charge is 2.31. The molecular formula is C17H32N2O4. The molecule has 3 unspecified atom stereocenters. The summed E-state index contributed by atoms with van der Waals surface area (Å²) in [5.74, 6) is 0. The highest BCUT2D eigenvalue weighted by Crippen LogP contribution is 2.21. The number of nitrogens with one attached hydrogen (secondary N) is 1. The first-order valence-electron chi connectivity index (χ1n) is 8.72. The Morgan fingerprint density at radius 2 is 2.13 bits per heavy atom. The van der Waals surface area contributed by atoms with E-state index in [2.05, 4.69) is 5.32 Å². The lowest BCUT2D eigenvalue weighted by Gasteiger charge is -2.38. The van der Waals surface area contributed by atoms with Crippen molar-refractivity contribution in [2.75, 3.05) is 33.4 Å². The Kier molecular flexibility index (Phi) is 6.68. The van der Waals surface area contributed by atoms with Gasteiger partial charge in [0.15, 0.2) is 0 Å². The Morgan fingerprint density at radius 1 is 1.35 bits per heavy atom. The van der Waals surface area contributed by atoms with E-state index in [1.54, 1.807) is 12.0 Å². The van der Waals surface area contributed by atoms with E-state index in [-0.39, 0.29) is 12.1 Å². The van der Waals surface area contributed by atoms with Crippen molar-refractivity contribution in [1.82, 2.24) is 10.2 Å². The van der Waals surface area contributed by atoms with Crippen molar-refractivity contribution in [3.05, 3.63) is 0 Å². The summed E-state index contributed by atoms with van der Waals surface area (Å²) >= 11 is 0. The molecule has 1 amide bonds. The molecule has 1 saturated heterocycles. The first-order valence-corrected chi connectivity index (χ1v) is 8.72. The molecule has 2 fully saturated rings. The molecule has 0 bridgehead atoms. The Bertz CT molecular complexity index is 383. The highest BCUT2D eigenvalue weighted by atomic mass is 16.6. The Hall–Kier alpha value is -0.850. The van der Waals surface area contributed by atoms with E-state index in [9.17, 15) is 4.79 Å². The lowest BCUT2D eigenvalue weighted by molar-refractivity contribution is -0.0330. The van der Waals surface area contributed by atoms with E-state index in [1.807, 2.05) is 20.8 Å². The van der Waals surface area contributed by atoms with Crippen LogP contribution in [-0.4, -0.2) is 68.2 Å². The van der Waals surface area contributed by atoms with Crippen LogP contribution in [0.15, 0.2) is 0 Å². The van der Waals surface area contributed by atoms with Gasteiger partial charge in [0.05, 0.1) is 25.4 Å². The minimum atomic E-state index is -0.470. The zero-order valence-corrected chi connectivity index (χ0v) is 15.0. The van der Waals surface area contributed by atoms with Crippen LogP contribution >= 0.6 is 0 Å². The molecule has 3 atom stereocenters. The summed E-state index contributed by atoms with van der Waals surface area (Å²) in [6.45, 7) is 8.15. The first kappa shape index (κ1) is 18.5. The quantitative estimate of drug-likeness (QED) is 0.857. The second kappa shape index (κ2) is 8.31. The van der Waals surface area contributed by atoms with Gasteiger partial charge in [-0.1, -0.05) is 0 Å². The third kappa shape index (κ3) is 5.94. The summed E-state index contributed by atoms with van der Waals surface area (Å²) in [5, 5.41) is 3.59. The molecule has 1 heterocycles. The topological polar surface area (TPSA) is 60.0 Å². The molecule has 0 aromatic heterocycles. The van der Waals surface area contributed by atoms with E-state index in [4.69, 9.17) is 14.2 Å². The average Bonchev–Trinajstić information content (AvgIpc) is 2.52. The summed E-state index contributed by atoms with van der Waals surface area (Å²) in [6.07, 6.45) is 4.64. The molecule has 134 valence electrons. The molecule has 1 aliphatic carbocycles. The third-order valence-corrected chi connectivity index (χ3v) is 4.46. The number of hydrogen-bond donors (Lipinski definition) is 1. The zero-order chi connectivity index (χ0) is 16.9. The fourth-order valence-electron chi connectivity index (χ4n) is 3.23. The van der Waals surface area contributed by atoms with Gasteiger partial charge in [0.1, 0.15) is 5.60 Å². The van der Waals surface area contributed by atoms with Crippen molar-refractivity contribution in [3.8, 4) is 0 Å². The summed E-state index contributed by atoms with van der Waals surface area (Å²) < 4.78 is 16.6. The van der Waals surface area contributed by atoms with Gasteiger partial charge in [0.25, 0.3) is 0 Å². The predicted octanol–water partition coefficient (Wildman–Crippen LogP) is 2.17. The fraction of sp³-hybridized carbons (Fsp3) is 0.941. The van der Waals surface area contributed by atoms with Gasteiger partial charge in [-0.05, 0) is 46.5 Å². The monoisotopic (exact) mass is 328 g/mol. The molecule has 1 aliphatic heterocycles. The van der Waals surface area contributed by atoms with Crippen molar-refractivity contribution < 1.29 is 19.0 Å². The summed E-state index contributed by atoms with van der Waals surface area (Å²) in [7, 11) is 1.78. The Balaban J connectivity index is 1.85. The van der Waals surface area contributed by atoms with Crippen molar-refractivity contribution >= 4 is 6.09 Å². The lowest BCUT2D eigenvalue weighted by Crippen LogP contribution is -2.55. The second-order valence-electron chi connectivity index (χ2n) is 7.53. The van der Waals surface area contributed by atoms with Crippen LogP contribution in [-0.2, 0) is 14.2 Å². The molecule has 1 saturated carbocycles. The second-order valence-corrected chi connectivity index (χ2v) is 7.53.